The molecule has 20 heavy (non-hydrogen) atoms. The largest absolute Gasteiger partial charge is 0.393 e. The summed E-state index contributed by atoms with van der Waals surface area (Å²) >= 11 is 3.14. The first-order chi connectivity index (χ1) is 9.31. The summed E-state index contributed by atoms with van der Waals surface area (Å²) in [4.78, 5) is 13.8. The highest BCUT2D eigenvalue weighted by atomic mass is 79.9. The summed E-state index contributed by atoms with van der Waals surface area (Å²) in [5, 5.41) is 9.23. The first-order valence-electron chi connectivity index (χ1n) is 6.68. The number of halogens is 2. The second-order valence-electron chi connectivity index (χ2n) is 5.25. The Kier molecular flexibility index (Phi) is 6.62. The molecule has 1 aromatic rings. The van der Waals surface area contributed by atoms with Gasteiger partial charge in [-0.05, 0) is 53.4 Å². The van der Waals surface area contributed by atoms with Crippen molar-refractivity contribution in [3.8, 4) is 0 Å². The first-order valence-corrected chi connectivity index (χ1v) is 7.47. The highest BCUT2D eigenvalue weighted by molar-refractivity contribution is 9.10. The predicted molar refractivity (Wildman–Crippen MR) is 80.9 cm³/mol. The van der Waals surface area contributed by atoms with E-state index in [1.807, 2.05) is 6.92 Å². The number of benzene rings is 1. The fourth-order valence-corrected chi connectivity index (χ4v) is 2.40. The lowest BCUT2D eigenvalue weighted by Crippen LogP contribution is -2.34. The van der Waals surface area contributed by atoms with E-state index < -0.39 is 6.10 Å². The first kappa shape index (κ1) is 17.1. The van der Waals surface area contributed by atoms with Crippen LogP contribution in [0.5, 0.6) is 0 Å². The Bertz CT molecular complexity index is 465. The van der Waals surface area contributed by atoms with Gasteiger partial charge >= 0.3 is 0 Å². The maximum atomic E-state index is 13.2. The zero-order valence-electron chi connectivity index (χ0n) is 12.1. The minimum atomic E-state index is -0.409. The highest BCUT2D eigenvalue weighted by Crippen LogP contribution is 2.19. The van der Waals surface area contributed by atoms with Crippen molar-refractivity contribution >= 4 is 21.8 Å². The van der Waals surface area contributed by atoms with Crippen LogP contribution in [0.3, 0.4) is 0 Å². The van der Waals surface area contributed by atoms with Crippen molar-refractivity contribution in [3.63, 3.8) is 0 Å². The lowest BCUT2D eigenvalue weighted by Gasteiger charge is -2.22. The van der Waals surface area contributed by atoms with Gasteiger partial charge in [0.1, 0.15) is 5.82 Å². The molecule has 0 aliphatic heterocycles. The van der Waals surface area contributed by atoms with Crippen LogP contribution in [0.15, 0.2) is 22.7 Å². The lowest BCUT2D eigenvalue weighted by atomic mass is 10.00. The SMILES string of the molecule is CC(O)CCN(C)C(=O)C(C)Cc1ccc(F)c(Br)c1. The third kappa shape index (κ3) is 5.21. The van der Waals surface area contributed by atoms with Crippen LogP contribution in [-0.4, -0.2) is 35.6 Å². The molecule has 1 aromatic carbocycles. The van der Waals surface area contributed by atoms with Gasteiger partial charge in [0, 0.05) is 19.5 Å². The fourth-order valence-electron chi connectivity index (χ4n) is 1.97. The van der Waals surface area contributed by atoms with Crippen LogP contribution in [0.1, 0.15) is 25.8 Å². The van der Waals surface area contributed by atoms with Gasteiger partial charge in [-0.1, -0.05) is 13.0 Å². The van der Waals surface area contributed by atoms with Gasteiger partial charge in [0.25, 0.3) is 0 Å². The Balaban J connectivity index is 2.58. The summed E-state index contributed by atoms with van der Waals surface area (Å²) in [6, 6.07) is 4.79. The topological polar surface area (TPSA) is 40.5 Å². The Morgan fingerprint density at radius 1 is 1.45 bits per heavy atom. The summed E-state index contributed by atoms with van der Waals surface area (Å²) in [6.45, 7) is 4.10. The van der Waals surface area contributed by atoms with Gasteiger partial charge in [0.15, 0.2) is 0 Å². The second kappa shape index (κ2) is 7.74. The zero-order chi connectivity index (χ0) is 15.3. The van der Waals surface area contributed by atoms with Crippen LogP contribution in [-0.2, 0) is 11.2 Å². The van der Waals surface area contributed by atoms with Crippen LogP contribution in [0.25, 0.3) is 0 Å². The van der Waals surface area contributed by atoms with Gasteiger partial charge in [-0.15, -0.1) is 0 Å². The molecular formula is C15H21BrFNO2. The highest BCUT2D eigenvalue weighted by Gasteiger charge is 2.18. The molecule has 3 nitrogen and oxygen atoms in total. The van der Waals surface area contributed by atoms with Crippen molar-refractivity contribution in [3.05, 3.63) is 34.1 Å². The van der Waals surface area contributed by atoms with E-state index in [1.165, 1.54) is 6.07 Å². The molecule has 1 N–H and O–H groups in total. The molecule has 0 radical (unpaired) electrons. The molecule has 1 amide bonds. The summed E-state index contributed by atoms with van der Waals surface area (Å²) < 4.78 is 13.6. The third-order valence-electron chi connectivity index (χ3n) is 3.21. The smallest absolute Gasteiger partial charge is 0.225 e. The Morgan fingerprint density at radius 3 is 2.65 bits per heavy atom. The molecule has 0 fully saturated rings. The van der Waals surface area contributed by atoms with Crippen molar-refractivity contribution in [1.29, 1.82) is 0 Å². The van der Waals surface area contributed by atoms with Crippen molar-refractivity contribution in [1.82, 2.24) is 4.90 Å². The van der Waals surface area contributed by atoms with Gasteiger partial charge in [-0.25, -0.2) is 4.39 Å². The van der Waals surface area contributed by atoms with Gasteiger partial charge in [0.2, 0.25) is 5.91 Å². The number of carbonyl (C=O) groups excluding carboxylic acids is 1. The number of hydrogen-bond acceptors (Lipinski definition) is 2. The Morgan fingerprint density at radius 2 is 2.10 bits per heavy atom. The number of aliphatic hydroxyl groups excluding tert-OH is 1. The molecule has 0 aliphatic rings. The number of hydrogen-bond donors (Lipinski definition) is 1. The summed E-state index contributed by atoms with van der Waals surface area (Å²) in [6.07, 6.45) is 0.724. The molecule has 0 saturated carbocycles. The molecule has 1 rings (SSSR count). The molecule has 112 valence electrons. The van der Waals surface area contributed by atoms with Gasteiger partial charge in [-0.3, -0.25) is 4.79 Å². The maximum absolute atomic E-state index is 13.2. The second-order valence-corrected chi connectivity index (χ2v) is 6.11. The normalized spacial score (nSPS) is 13.9. The van der Waals surface area contributed by atoms with Gasteiger partial charge in [0.05, 0.1) is 10.6 Å². The fraction of sp³-hybridized carbons (Fsp3) is 0.533. The maximum Gasteiger partial charge on any atom is 0.225 e. The van der Waals surface area contributed by atoms with E-state index in [0.29, 0.717) is 23.9 Å². The number of aliphatic hydroxyl groups is 1. The molecular weight excluding hydrogens is 325 g/mol. The number of carbonyl (C=O) groups is 1. The minimum Gasteiger partial charge on any atom is -0.393 e. The van der Waals surface area contributed by atoms with E-state index in [1.54, 1.807) is 31.0 Å². The Labute approximate surface area is 127 Å². The number of nitrogens with zero attached hydrogens (tertiary/aromatic N) is 1. The van der Waals surface area contributed by atoms with Crippen LogP contribution >= 0.6 is 15.9 Å². The molecule has 2 atom stereocenters. The van der Waals surface area contributed by atoms with Crippen LogP contribution in [0, 0.1) is 11.7 Å². The van der Waals surface area contributed by atoms with Crippen molar-refractivity contribution in [2.75, 3.05) is 13.6 Å². The van der Waals surface area contributed by atoms with Crippen LogP contribution in [0.2, 0.25) is 0 Å². The van der Waals surface area contributed by atoms with E-state index in [2.05, 4.69) is 15.9 Å². The van der Waals surface area contributed by atoms with Crippen LogP contribution < -0.4 is 0 Å². The average molecular weight is 346 g/mol. The molecule has 0 bridgehead atoms. The molecule has 0 saturated heterocycles. The molecule has 0 aliphatic carbocycles. The molecule has 0 spiro atoms. The lowest BCUT2D eigenvalue weighted by molar-refractivity contribution is -0.133. The van der Waals surface area contributed by atoms with Crippen LogP contribution in [0.4, 0.5) is 4.39 Å². The minimum absolute atomic E-state index is 0.0334. The van der Waals surface area contributed by atoms with E-state index in [4.69, 9.17) is 0 Å². The van der Waals surface area contributed by atoms with Gasteiger partial charge in [-0.2, -0.15) is 0 Å². The third-order valence-corrected chi connectivity index (χ3v) is 3.81. The van der Waals surface area contributed by atoms with E-state index >= 15 is 0 Å². The van der Waals surface area contributed by atoms with Gasteiger partial charge < -0.3 is 10.0 Å². The number of amides is 1. The molecule has 5 heteroatoms. The number of rotatable bonds is 6. The zero-order valence-corrected chi connectivity index (χ0v) is 13.7. The van der Waals surface area contributed by atoms with Crippen molar-refractivity contribution in [2.45, 2.75) is 32.8 Å². The monoisotopic (exact) mass is 345 g/mol. The molecule has 0 aromatic heterocycles. The van der Waals surface area contributed by atoms with Crippen molar-refractivity contribution in [2.24, 2.45) is 5.92 Å². The quantitative estimate of drug-likeness (QED) is 0.860. The summed E-state index contributed by atoms with van der Waals surface area (Å²) in [5.41, 5.74) is 0.919. The summed E-state index contributed by atoms with van der Waals surface area (Å²) in [7, 11) is 1.74. The van der Waals surface area contributed by atoms with E-state index in [-0.39, 0.29) is 17.6 Å². The van der Waals surface area contributed by atoms with E-state index in [0.717, 1.165) is 5.56 Å². The molecule has 2 unspecified atom stereocenters. The Hall–Kier alpha value is -0.940. The van der Waals surface area contributed by atoms with E-state index in [9.17, 15) is 14.3 Å². The summed E-state index contributed by atoms with van der Waals surface area (Å²) in [5.74, 6) is -0.445. The molecule has 0 heterocycles. The van der Waals surface area contributed by atoms with Crippen molar-refractivity contribution < 1.29 is 14.3 Å². The predicted octanol–water partition coefficient (Wildman–Crippen LogP) is 3.00. The average Bonchev–Trinajstić information content (AvgIpc) is 2.39. The standard InChI is InChI=1S/C15H21BrFNO2/c1-10(15(20)18(3)7-6-11(2)19)8-12-4-5-14(17)13(16)9-12/h4-5,9-11,19H,6-8H2,1-3H3.